The van der Waals surface area contributed by atoms with Crippen molar-refractivity contribution in [1.82, 2.24) is 9.88 Å². The Kier molecular flexibility index (Phi) is 4.19. The number of piperidine rings is 1. The van der Waals surface area contributed by atoms with E-state index in [9.17, 15) is 4.79 Å². The van der Waals surface area contributed by atoms with Crippen LogP contribution in [0.15, 0.2) is 48.7 Å². The number of hydrogen-bond donors (Lipinski definition) is 1. The van der Waals surface area contributed by atoms with Crippen molar-refractivity contribution in [3.05, 3.63) is 59.8 Å². The standard InChI is InChI=1S/C24H25N3O2/c1-16-19-4-2-3-5-21(19)26-15-20(16)17-6-7-22-18(14-17)8-9-24(29-22)10-12-27(13-11-24)23(25)28/h2-7,14-15H,8-13H2,1H3,(H2,25,28). The van der Waals surface area contributed by atoms with Crippen molar-refractivity contribution >= 4 is 16.9 Å². The largest absolute Gasteiger partial charge is 0.487 e. The van der Waals surface area contributed by atoms with Gasteiger partial charge in [0.05, 0.1) is 5.52 Å². The van der Waals surface area contributed by atoms with Gasteiger partial charge in [-0.05, 0) is 54.7 Å². The lowest BCUT2D eigenvalue weighted by molar-refractivity contribution is -0.00471. The van der Waals surface area contributed by atoms with Crippen LogP contribution >= 0.6 is 0 Å². The number of nitrogens with two attached hydrogens (primary N) is 1. The quantitative estimate of drug-likeness (QED) is 0.671. The fourth-order valence-corrected chi connectivity index (χ4v) is 4.75. The Morgan fingerprint density at radius 1 is 1.14 bits per heavy atom. The third-order valence-corrected chi connectivity index (χ3v) is 6.58. The Morgan fingerprint density at radius 2 is 1.93 bits per heavy atom. The van der Waals surface area contributed by atoms with Gasteiger partial charge in [-0.15, -0.1) is 0 Å². The fourth-order valence-electron chi connectivity index (χ4n) is 4.75. The van der Waals surface area contributed by atoms with Crippen molar-refractivity contribution in [2.45, 2.75) is 38.2 Å². The predicted octanol–water partition coefficient (Wildman–Crippen LogP) is 4.45. The van der Waals surface area contributed by atoms with Gasteiger partial charge in [0.25, 0.3) is 0 Å². The number of carbonyl (C=O) groups is 1. The van der Waals surface area contributed by atoms with Gasteiger partial charge < -0.3 is 15.4 Å². The number of para-hydroxylation sites is 1. The maximum absolute atomic E-state index is 11.4. The number of nitrogens with zero attached hydrogens (tertiary/aromatic N) is 2. The molecule has 0 bridgehead atoms. The minimum atomic E-state index is -0.333. The summed E-state index contributed by atoms with van der Waals surface area (Å²) in [6, 6.07) is 14.4. The number of rotatable bonds is 1. The molecule has 2 aliphatic rings. The molecule has 5 heteroatoms. The smallest absolute Gasteiger partial charge is 0.314 e. The number of pyridine rings is 1. The molecule has 2 aromatic carbocycles. The summed E-state index contributed by atoms with van der Waals surface area (Å²) >= 11 is 0. The first-order chi connectivity index (χ1) is 14.0. The highest BCUT2D eigenvalue weighted by molar-refractivity contribution is 5.88. The summed E-state index contributed by atoms with van der Waals surface area (Å²) in [7, 11) is 0. The zero-order chi connectivity index (χ0) is 20.0. The van der Waals surface area contributed by atoms with Gasteiger partial charge in [-0.2, -0.15) is 0 Å². The Hall–Kier alpha value is -3.08. The van der Waals surface area contributed by atoms with E-state index in [0.717, 1.165) is 36.9 Å². The summed E-state index contributed by atoms with van der Waals surface area (Å²) in [5.41, 5.74) is 11.1. The van der Waals surface area contributed by atoms with E-state index in [-0.39, 0.29) is 11.6 Å². The van der Waals surface area contributed by atoms with Crippen molar-refractivity contribution < 1.29 is 9.53 Å². The van der Waals surface area contributed by atoms with Crippen molar-refractivity contribution in [2.24, 2.45) is 5.73 Å². The van der Waals surface area contributed by atoms with Crippen molar-refractivity contribution in [1.29, 1.82) is 0 Å². The highest BCUT2D eigenvalue weighted by Gasteiger charge is 2.40. The van der Waals surface area contributed by atoms with E-state index in [0.29, 0.717) is 13.1 Å². The molecule has 1 fully saturated rings. The lowest BCUT2D eigenvalue weighted by atomic mass is 9.82. The molecule has 0 unspecified atom stereocenters. The molecule has 29 heavy (non-hydrogen) atoms. The van der Waals surface area contributed by atoms with Gasteiger partial charge in [0, 0.05) is 43.1 Å². The molecule has 1 aromatic heterocycles. The minimum Gasteiger partial charge on any atom is -0.487 e. The van der Waals surface area contributed by atoms with Gasteiger partial charge in [-0.25, -0.2) is 4.79 Å². The van der Waals surface area contributed by atoms with E-state index in [2.05, 4.69) is 48.3 Å². The predicted molar refractivity (Wildman–Crippen MR) is 114 cm³/mol. The molecular weight excluding hydrogens is 362 g/mol. The van der Waals surface area contributed by atoms with E-state index < -0.39 is 0 Å². The average Bonchev–Trinajstić information content (AvgIpc) is 2.74. The first-order valence-corrected chi connectivity index (χ1v) is 10.3. The van der Waals surface area contributed by atoms with Crippen molar-refractivity contribution in [3.63, 3.8) is 0 Å². The Bertz CT molecular complexity index is 1100. The number of primary amides is 1. The van der Waals surface area contributed by atoms with Crippen LogP contribution in [-0.2, 0) is 6.42 Å². The maximum Gasteiger partial charge on any atom is 0.314 e. The number of fused-ring (bicyclic) bond motifs is 2. The molecule has 2 N–H and O–H groups in total. The summed E-state index contributed by atoms with van der Waals surface area (Å²) in [6.45, 7) is 3.51. The highest BCUT2D eigenvalue weighted by atomic mass is 16.5. The van der Waals surface area contributed by atoms with Crippen LogP contribution in [0.5, 0.6) is 5.75 Å². The van der Waals surface area contributed by atoms with Gasteiger partial charge in [-0.1, -0.05) is 24.3 Å². The summed E-state index contributed by atoms with van der Waals surface area (Å²) in [4.78, 5) is 17.8. The van der Waals surface area contributed by atoms with Crippen LogP contribution in [0, 0.1) is 6.92 Å². The molecule has 2 aliphatic heterocycles. The first kappa shape index (κ1) is 18.0. The van der Waals surface area contributed by atoms with E-state index in [1.165, 1.54) is 27.6 Å². The second-order valence-electron chi connectivity index (χ2n) is 8.25. The van der Waals surface area contributed by atoms with Crippen molar-refractivity contribution in [2.75, 3.05) is 13.1 Å². The Balaban J connectivity index is 1.42. The number of urea groups is 1. The van der Waals surface area contributed by atoms with Gasteiger partial charge in [-0.3, -0.25) is 4.98 Å². The zero-order valence-corrected chi connectivity index (χ0v) is 16.6. The van der Waals surface area contributed by atoms with Crippen molar-refractivity contribution in [3.8, 4) is 16.9 Å². The van der Waals surface area contributed by atoms with Crippen LogP contribution in [0.2, 0.25) is 0 Å². The molecule has 1 saturated heterocycles. The molecule has 0 radical (unpaired) electrons. The number of benzene rings is 2. The molecule has 3 aromatic rings. The maximum atomic E-state index is 11.4. The summed E-state index contributed by atoms with van der Waals surface area (Å²) in [6.07, 6.45) is 5.62. The normalized spacial score (nSPS) is 17.8. The number of aromatic nitrogens is 1. The summed E-state index contributed by atoms with van der Waals surface area (Å²) in [5.74, 6) is 0.971. The van der Waals surface area contributed by atoms with Gasteiger partial charge >= 0.3 is 6.03 Å². The summed E-state index contributed by atoms with van der Waals surface area (Å²) < 4.78 is 6.49. The number of carbonyl (C=O) groups excluding carboxylic acids is 1. The fraction of sp³-hybridized carbons (Fsp3) is 0.333. The molecule has 5 nitrogen and oxygen atoms in total. The average molecular weight is 387 g/mol. The molecule has 0 aliphatic carbocycles. The van der Waals surface area contributed by atoms with Crippen LogP contribution in [0.25, 0.3) is 22.0 Å². The molecular formula is C24H25N3O2. The van der Waals surface area contributed by atoms with E-state index >= 15 is 0 Å². The monoisotopic (exact) mass is 387 g/mol. The van der Waals surface area contributed by atoms with E-state index in [1.807, 2.05) is 12.3 Å². The molecule has 0 saturated carbocycles. The SMILES string of the molecule is Cc1c(-c2ccc3c(c2)CCC2(CCN(C(N)=O)CC2)O3)cnc2ccccc12. The number of likely N-dealkylation sites (tertiary alicyclic amines) is 1. The highest BCUT2D eigenvalue weighted by Crippen LogP contribution is 2.41. The third-order valence-electron chi connectivity index (χ3n) is 6.58. The van der Waals surface area contributed by atoms with Crippen LogP contribution in [0.4, 0.5) is 4.79 Å². The van der Waals surface area contributed by atoms with Crippen LogP contribution < -0.4 is 10.5 Å². The lowest BCUT2D eigenvalue weighted by Crippen LogP contribution is -2.52. The summed E-state index contributed by atoms with van der Waals surface area (Å²) in [5, 5.41) is 1.19. The number of aryl methyl sites for hydroxylation is 2. The topological polar surface area (TPSA) is 68.5 Å². The second kappa shape index (κ2) is 6.76. The van der Waals surface area contributed by atoms with Gasteiger partial charge in [0.2, 0.25) is 0 Å². The van der Waals surface area contributed by atoms with Crippen LogP contribution in [-0.4, -0.2) is 34.6 Å². The zero-order valence-electron chi connectivity index (χ0n) is 16.6. The second-order valence-corrected chi connectivity index (χ2v) is 8.25. The van der Waals surface area contributed by atoms with Gasteiger partial charge in [0.1, 0.15) is 11.4 Å². The third kappa shape index (κ3) is 3.11. The van der Waals surface area contributed by atoms with E-state index in [1.54, 1.807) is 4.90 Å². The number of amides is 2. The number of hydrogen-bond acceptors (Lipinski definition) is 3. The molecule has 5 rings (SSSR count). The van der Waals surface area contributed by atoms with Gasteiger partial charge in [0.15, 0.2) is 0 Å². The first-order valence-electron chi connectivity index (χ1n) is 10.3. The molecule has 2 amide bonds. The van der Waals surface area contributed by atoms with E-state index in [4.69, 9.17) is 10.5 Å². The van der Waals surface area contributed by atoms with Crippen LogP contribution in [0.3, 0.4) is 0 Å². The molecule has 1 spiro atoms. The lowest BCUT2D eigenvalue weighted by Gasteiger charge is -2.44. The molecule has 0 atom stereocenters. The Labute approximate surface area is 170 Å². The minimum absolute atomic E-state index is 0.166. The number of ether oxygens (including phenoxy) is 1. The molecule has 148 valence electrons. The molecule has 3 heterocycles. The van der Waals surface area contributed by atoms with Crippen LogP contribution in [0.1, 0.15) is 30.4 Å². The Morgan fingerprint density at radius 3 is 2.72 bits per heavy atom.